The molecule has 21 heavy (non-hydrogen) atoms. The normalized spacial score (nSPS) is 16.2. The van der Waals surface area contributed by atoms with E-state index in [4.69, 9.17) is 9.15 Å². The molecule has 0 amide bonds. The van der Waals surface area contributed by atoms with Crippen LogP contribution in [-0.2, 0) is 4.79 Å². The number of hydrogen-bond acceptors (Lipinski definition) is 3. The van der Waals surface area contributed by atoms with E-state index in [1.807, 2.05) is 36.4 Å². The molecule has 1 aliphatic carbocycles. The Morgan fingerprint density at radius 3 is 2.67 bits per heavy atom. The van der Waals surface area contributed by atoms with Crippen LogP contribution in [0, 0.1) is 5.92 Å². The fourth-order valence-corrected chi connectivity index (χ4v) is 2.67. The lowest BCUT2D eigenvalue weighted by atomic mass is 10.1. The number of rotatable bonds is 4. The summed E-state index contributed by atoms with van der Waals surface area (Å²) >= 11 is 0. The highest BCUT2D eigenvalue weighted by atomic mass is 16.5. The van der Waals surface area contributed by atoms with Gasteiger partial charge in [-0.25, -0.2) is 4.79 Å². The molecular formula is C17H14O4. The Kier molecular flexibility index (Phi) is 2.64. The highest BCUT2D eigenvalue weighted by Gasteiger charge is 2.38. The molecule has 4 nitrogen and oxygen atoms in total. The Balaban J connectivity index is 1.75. The standard InChI is InChI=1S/C17H14O4/c18-17(19)16(10-5-6-10)20-11-7-8-15-13(9-11)12-3-1-2-4-14(12)21-15/h1-4,7-10,16H,5-6H2,(H,18,19). The third kappa shape index (κ3) is 2.13. The van der Waals surface area contributed by atoms with Gasteiger partial charge in [-0.2, -0.15) is 0 Å². The molecule has 0 spiro atoms. The third-order valence-electron chi connectivity index (χ3n) is 3.90. The number of ether oxygens (including phenoxy) is 1. The first-order valence-corrected chi connectivity index (χ1v) is 7.03. The maximum Gasteiger partial charge on any atom is 0.345 e. The number of fused-ring (bicyclic) bond motifs is 3. The highest BCUT2D eigenvalue weighted by Crippen LogP contribution is 2.36. The first-order valence-electron chi connectivity index (χ1n) is 7.03. The van der Waals surface area contributed by atoms with Crippen LogP contribution in [0.15, 0.2) is 46.9 Å². The molecule has 0 radical (unpaired) electrons. The van der Waals surface area contributed by atoms with Gasteiger partial charge < -0.3 is 14.3 Å². The van der Waals surface area contributed by atoms with Crippen LogP contribution in [0.5, 0.6) is 5.75 Å². The zero-order valence-corrected chi connectivity index (χ0v) is 11.3. The monoisotopic (exact) mass is 282 g/mol. The lowest BCUT2D eigenvalue weighted by Gasteiger charge is -2.14. The van der Waals surface area contributed by atoms with E-state index in [0.29, 0.717) is 5.75 Å². The fraction of sp³-hybridized carbons (Fsp3) is 0.235. The second-order valence-corrected chi connectivity index (χ2v) is 5.47. The van der Waals surface area contributed by atoms with Crippen LogP contribution in [0.25, 0.3) is 21.9 Å². The quantitative estimate of drug-likeness (QED) is 0.790. The zero-order valence-electron chi connectivity index (χ0n) is 11.3. The van der Waals surface area contributed by atoms with Crippen LogP contribution in [0.1, 0.15) is 12.8 Å². The fourth-order valence-electron chi connectivity index (χ4n) is 2.67. The minimum absolute atomic E-state index is 0.138. The van der Waals surface area contributed by atoms with Crippen LogP contribution < -0.4 is 4.74 Å². The van der Waals surface area contributed by atoms with Gasteiger partial charge in [0.05, 0.1) is 0 Å². The van der Waals surface area contributed by atoms with Crippen LogP contribution in [0.4, 0.5) is 0 Å². The van der Waals surface area contributed by atoms with E-state index in [1.165, 1.54) is 0 Å². The molecule has 4 rings (SSSR count). The van der Waals surface area contributed by atoms with Crippen molar-refractivity contribution in [3.8, 4) is 5.75 Å². The van der Waals surface area contributed by atoms with E-state index < -0.39 is 12.1 Å². The van der Waals surface area contributed by atoms with Crippen LogP contribution in [-0.4, -0.2) is 17.2 Å². The average molecular weight is 282 g/mol. The summed E-state index contributed by atoms with van der Waals surface area (Å²) in [5.41, 5.74) is 1.60. The van der Waals surface area contributed by atoms with Gasteiger partial charge >= 0.3 is 5.97 Å². The maximum absolute atomic E-state index is 11.3. The third-order valence-corrected chi connectivity index (χ3v) is 3.90. The highest BCUT2D eigenvalue weighted by molar-refractivity contribution is 6.05. The molecule has 0 aliphatic heterocycles. The van der Waals surface area contributed by atoms with Gasteiger partial charge in [-0.05, 0) is 37.1 Å². The van der Waals surface area contributed by atoms with Crippen molar-refractivity contribution < 1.29 is 19.1 Å². The van der Waals surface area contributed by atoms with Crippen molar-refractivity contribution in [2.24, 2.45) is 5.92 Å². The average Bonchev–Trinajstić information content (AvgIpc) is 3.25. The largest absolute Gasteiger partial charge is 0.478 e. The van der Waals surface area contributed by atoms with E-state index in [2.05, 4.69) is 0 Å². The Morgan fingerprint density at radius 1 is 1.14 bits per heavy atom. The molecule has 0 saturated heterocycles. The number of aliphatic carboxylic acids is 1. The summed E-state index contributed by atoms with van der Waals surface area (Å²) in [5, 5.41) is 11.2. The first-order chi connectivity index (χ1) is 10.2. The molecule has 1 atom stereocenters. The summed E-state index contributed by atoms with van der Waals surface area (Å²) in [6, 6.07) is 13.2. The molecule has 1 fully saturated rings. The van der Waals surface area contributed by atoms with Crippen molar-refractivity contribution in [2.45, 2.75) is 18.9 Å². The SMILES string of the molecule is O=C(O)C(Oc1ccc2oc3ccccc3c2c1)C1CC1. The van der Waals surface area contributed by atoms with Gasteiger partial charge in [-0.1, -0.05) is 18.2 Å². The Hall–Kier alpha value is -2.49. The summed E-state index contributed by atoms with van der Waals surface area (Å²) < 4.78 is 11.4. The van der Waals surface area contributed by atoms with E-state index in [0.717, 1.165) is 34.8 Å². The van der Waals surface area contributed by atoms with E-state index in [9.17, 15) is 9.90 Å². The number of para-hydroxylation sites is 1. The van der Waals surface area contributed by atoms with Gasteiger partial charge in [0, 0.05) is 16.7 Å². The van der Waals surface area contributed by atoms with Crippen LogP contribution >= 0.6 is 0 Å². The number of carboxylic acids is 1. The van der Waals surface area contributed by atoms with Crippen molar-refractivity contribution in [1.82, 2.24) is 0 Å². The van der Waals surface area contributed by atoms with E-state index >= 15 is 0 Å². The molecule has 1 N–H and O–H groups in total. The zero-order chi connectivity index (χ0) is 14.4. The molecule has 106 valence electrons. The van der Waals surface area contributed by atoms with Crippen molar-refractivity contribution in [3.05, 3.63) is 42.5 Å². The molecule has 1 aromatic heterocycles. The molecule has 1 unspecified atom stereocenters. The van der Waals surface area contributed by atoms with Crippen LogP contribution in [0.2, 0.25) is 0 Å². The molecule has 1 aliphatic rings. The predicted molar refractivity (Wildman–Crippen MR) is 78.5 cm³/mol. The minimum Gasteiger partial charge on any atom is -0.478 e. The van der Waals surface area contributed by atoms with E-state index in [1.54, 1.807) is 6.07 Å². The summed E-state index contributed by atoms with van der Waals surface area (Å²) in [6.45, 7) is 0. The lowest BCUT2D eigenvalue weighted by Crippen LogP contribution is -2.29. The number of furan rings is 1. The summed E-state index contributed by atoms with van der Waals surface area (Å²) in [5.74, 6) is -0.178. The van der Waals surface area contributed by atoms with Crippen molar-refractivity contribution >= 4 is 27.9 Å². The molecular weight excluding hydrogens is 268 g/mol. The lowest BCUT2D eigenvalue weighted by molar-refractivity contribution is -0.146. The molecule has 3 aromatic rings. The second kappa shape index (κ2) is 4.52. The van der Waals surface area contributed by atoms with Crippen molar-refractivity contribution in [2.75, 3.05) is 0 Å². The molecule has 1 heterocycles. The smallest absolute Gasteiger partial charge is 0.345 e. The molecule has 2 aromatic carbocycles. The molecule has 0 bridgehead atoms. The predicted octanol–water partition coefficient (Wildman–Crippen LogP) is 3.83. The second-order valence-electron chi connectivity index (χ2n) is 5.47. The Morgan fingerprint density at radius 2 is 1.90 bits per heavy atom. The van der Waals surface area contributed by atoms with Crippen molar-refractivity contribution in [3.63, 3.8) is 0 Å². The van der Waals surface area contributed by atoms with E-state index in [-0.39, 0.29) is 5.92 Å². The Bertz CT molecular complexity index is 829. The number of carbonyl (C=O) groups is 1. The summed E-state index contributed by atoms with van der Waals surface area (Å²) in [6.07, 6.45) is 1.10. The Labute approximate surface area is 120 Å². The van der Waals surface area contributed by atoms with Crippen LogP contribution in [0.3, 0.4) is 0 Å². The van der Waals surface area contributed by atoms with Gasteiger partial charge in [0.15, 0.2) is 6.10 Å². The number of benzene rings is 2. The summed E-state index contributed by atoms with van der Waals surface area (Å²) in [4.78, 5) is 11.3. The minimum atomic E-state index is -0.894. The van der Waals surface area contributed by atoms with Gasteiger partial charge in [-0.15, -0.1) is 0 Å². The van der Waals surface area contributed by atoms with Gasteiger partial charge in [0.25, 0.3) is 0 Å². The first kappa shape index (κ1) is 12.3. The van der Waals surface area contributed by atoms with Gasteiger partial charge in [0.2, 0.25) is 0 Å². The molecule has 4 heteroatoms. The van der Waals surface area contributed by atoms with Gasteiger partial charge in [0.1, 0.15) is 16.9 Å². The van der Waals surface area contributed by atoms with Gasteiger partial charge in [-0.3, -0.25) is 0 Å². The molecule has 1 saturated carbocycles. The number of hydrogen-bond donors (Lipinski definition) is 1. The van der Waals surface area contributed by atoms with Crippen molar-refractivity contribution in [1.29, 1.82) is 0 Å². The summed E-state index contributed by atoms with van der Waals surface area (Å²) in [7, 11) is 0. The maximum atomic E-state index is 11.3. The topological polar surface area (TPSA) is 59.7 Å². The number of carboxylic acid groups (broad SMARTS) is 1.